The molecule has 0 unspecified atom stereocenters. The lowest BCUT2D eigenvalue weighted by molar-refractivity contribution is -0.384. The number of unbranched alkanes of at least 4 members (excludes halogenated alkanes) is 1. The third-order valence-electron chi connectivity index (χ3n) is 3.25. The lowest BCUT2D eigenvalue weighted by Gasteiger charge is -2.10. The van der Waals surface area contributed by atoms with Crippen LogP contribution in [0.2, 0.25) is 0 Å². The molecule has 0 saturated heterocycles. The van der Waals surface area contributed by atoms with Gasteiger partial charge in [0.2, 0.25) is 0 Å². The Labute approximate surface area is 127 Å². The van der Waals surface area contributed by atoms with E-state index in [1.807, 2.05) is 6.07 Å². The van der Waals surface area contributed by atoms with Crippen LogP contribution in [0.15, 0.2) is 18.2 Å². The predicted octanol–water partition coefficient (Wildman–Crippen LogP) is 4.65. The largest absolute Gasteiger partial charge is 0.385 e. The number of hydrogen-bond donors (Lipinski definition) is 2. The standard InChI is InChI=1S/C16H27N3O2/c1-4-8-17-14-10-15(12-16(11-14)19(20)21)18-9-6-5-7-13(2)3/h10-13,17-18H,4-9H2,1-3H3. The van der Waals surface area contributed by atoms with Crippen LogP contribution in [0.3, 0.4) is 0 Å². The Bertz CT molecular complexity index is 447. The molecule has 5 heteroatoms. The quantitative estimate of drug-likeness (QED) is 0.374. The molecule has 5 nitrogen and oxygen atoms in total. The molecule has 0 heterocycles. The highest BCUT2D eigenvalue weighted by Gasteiger charge is 2.09. The van der Waals surface area contributed by atoms with E-state index in [0.29, 0.717) is 0 Å². The van der Waals surface area contributed by atoms with Crippen LogP contribution in [-0.4, -0.2) is 18.0 Å². The minimum Gasteiger partial charge on any atom is -0.385 e. The Kier molecular flexibility index (Phi) is 7.58. The van der Waals surface area contributed by atoms with E-state index in [1.54, 1.807) is 12.1 Å². The van der Waals surface area contributed by atoms with E-state index < -0.39 is 0 Å². The van der Waals surface area contributed by atoms with E-state index in [-0.39, 0.29) is 10.6 Å². The van der Waals surface area contributed by atoms with Crippen LogP contribution >= 0.6 is 0 Å². The van der Waals surface area contributed by atoms with Crippen molar-refractivity contribution in [3.05, 3.63) is 28.3 Å². The number of hydrogen-bond acceptors (Lipinski definition) is 4. The Morgan fingerprint density at radius 3 is 2.24 bits per heavy atom. The van der Waals surface area contributed by atoms with Gasteiger partial charge in [-0.2, -0.15) is 0 Å². The summed E-state index contributed by atoms with van der Waals surface area (Å²) in [6.07, 6.45) is 4.47. The first-order valence-corrected chi connectivity index (χ1v) is 7.80. The van der Waals surface area contributed by atoms with Gasteiger partial charge < -0.3 is 10.6 Å². The molecule has 0 aliphatic carbocycles. The second-order valence-electron chi connectivity index (χ2n) is 5.77. The van der Waals surface area contributed by atoms with E-state index in [9.17, 15) is 10.1 Å². The van der Waals surface area contributed by atoms with Gasteiger partial charge in [-0.15, -0.1) is 0 Å². The molecule has 0 spiro atoms. The highest BCUT2D eigenvalue weighted by atomic mass is 16.6. The van der Waals surface area contributed by atoms with Crippen molar-refractivity contribution < 1.29 is 4.92 Å². The summed E-state index contributed by atoms with van der Waals surface area (Å²) in [6.45, 7) is 8.17. The number of rotatable bonds is 10. The highest BCUT2D eigenvalue weighted by Crippen LogP contribution is 2.24. The number of nitrogens with one attached hydrogen (secondary N) is 2. The number of nitro benzene ring substituents is 1. The van der Waals surface area contributed by atoms with Crippen LogP contribution in [0.25, 0.3) is 0 Å². The first kappa shape index (κ1) is 17.3. The molecule has 2 N–H and O–H groups in total. The number of anilines is 2. The minimum absolute atomic E-state index is 0.126. The van der Waals surface area contributed by atoms with Gasteiger partial charge in [0.1, 0.15) is 0 Å². The maximum absolute atomic E-state index is 11.0. The molecule has 1 aromatic rings. The maximum atomic E-state index is 11.0. The van der Waals surface area contributed by atoms with Crippen LogP contribution in [0.5, 0.6) is 0 Å². The Hall–Kier alpha value is -1.78. The van der Waals surface area contributed by atoms with Crippen molar-refractivity contribution in [3.63, 3.8) is 0 Å². The predicted molar refractivity (Wildman–Crippen MR) is 89.1 cm³/mol. The first-order chi connectivity index (χ1) is 10.0. The van der Waals surface area contributed by atoms with E-state index in [0.717, 1.165) is 43.2 Å². The van der Waals surface area contributed by atoms with Gasteiger partial charge in [-0.25, -0.2) is 0 Å². The van der Waals surface area contributed by atoms with Crippen molar-refractivity contribution in [2.24, 2.45) is 5.92 Å². The number of non-ortho nitro benzene ring substituents is 1. The van der Waals surface area contributed by atoms with Crippen LogP contribution in [0.4, 0.5) is 17.1 Å². The van der Waals surface area contributed by atoms with Gasteiger partial charge in [-0.05, 0) is 24.8 Å². The van der Waals surface area contributed by atoms with Gasteiger partial charge in [0.05, 0.1) is 4.92 Å². The fraction of sp³-hybridized carbons (Fsp3) is 0.625. The summed E-state index contributed by atoms with van der Waals surface area (Å²) >= 11 is 0. The van der Waals surface area contributed by atoms with Crippen molar-refractivity contribution in [1.29, 1.82) is 0 Å². The third kappa shape index (κ3) is 6.97. The zero-order valence-corrected chi connectivity index (χ0v) is 13.3. The smallest absolute Gasteiger partial charge is 0.273 e. The van der Waals surface area contributed by atoms with Crippen molar-refractivity contribution in [3.8, 4) is 0 Å². The zero-order chi connectivity index (χ0) is 15.7. The van der Waals surface area contributed by atoms with E-state index >= 15 is 0 Å². The molecule has 0 aliphatic rings. The fourth-order valence-electron chi connectivity index (χ4n) is 2.10. The Balaban J connectivity index is 2.58. The fourth-order valence-corrected chi connectivity index (χ4v) is 2.10. The average molecular weight is 293 g/mol. The van der Waals surface area contributed by atoms with Gasteiger partial charge in [0.15, 0.2) is 0 Å². The second kappa shape index (κ2) is 9.21. The molecule has 0 atom stereocenters. The average Bonchev–Trinajstić information content (AvgIpc) is 2.44. The summed E-state index contributed by atoms with van der Waals surface area (Å²) in [6, 6.07) is 5.12. The summed E-state index contributed by atoms with van der Waals surface area (Å²) in [7, 11) is 0. The topological polar surface area (TPSA) is 67.2 Å². The molecule has 0 aromatic heterocycles. The van der Waals surface area contributed by atoms with Crippen LogP contribution in [0.1, 0.15) is 46.5 Å². The summed E-state index contributed by atoms with van der Waals surface area (Å²) in [5, 5.41) is 17.5. The Morgan fingerprint density at radius 1 is 1.10 bits per heavy atom. The molecule has 0 fully saturated rings. The minimum atomic E-state index is -0.346. The third-order valence-corrected chi connectivity index (χ3v) is 3.25. The summed E-state index contributed by atoms with van der Waals surface area (Å²) in [4.78, 5) is 10.6. The van der Waals surface area contributed by atoms with Crippen molar-refractivity contribution in [2.45, 2.75) is 46.5 Å². The number of nitro groups is 1. The van der Waals surface area contributed by atoms with Crippen molar-refractivity contribution in [2.75, 3.05) is 23.7 Å². The number of benzene rings is 1. The molecular formula is C16H27N3O2. The van der Waals surface area contributed by atoms with Crippen molar-refractivity contribution in [1.82, 2.24) is 0 Å². The molecule has 118 valence electrons. The van der Waals surface area contributed by atoms with Crippen LogP contribution < -0.4 is 10.6 Å². The zero-order valence-electron chi connectivity index (χ0n) is 13.3. The SMILES string of the molecule is CCCNc1cc(NCCCCC(C)C)cc([N+](=O)[O-])c1. The van der Waals surface area contributed by atoms with E-state index in [1.165, 1.54) is 12.8 Å². The van der Waals surface area contributed by atoms with E-state index in [4.69, 9.17) is 0 Å². The Morgan fingerprint density at radius 2 is 1.71 bits per heavy atom. The van der Waals surface area contributed by atoms with Gasteiger partial charge in [0.25, 0.3) is 5.69 Å². The van der Waals surface area contributed by atoms with Gasteiger partial charge in [-0.1, -0.05) is 33.6 Å². The molecule has 0 saturated carbocycles. The van der Waals surface area contributed by atoms with Gasteiger partial charge >= 0.3 is 0 Å². The molecule has 0 aliphatic heterocycles. The molecule has 1 rings (SSSR count). The second-order valence-corrected chi connectivity index (χ2v) is 5.77. The summed E-state index contributed by atoms with van der Waals surface area (Å²) in [5.41, 5.74) is 1.74. The molecule has 0 radical (unpaired) electrons. The van der Waals surface area contributed by atoms with Gasteiger partial charge in [-0.3, -0.25) is 10.1 Å². The molecule has 0 amide bonds. The number of nitrogens with zero attached hydrogens (tertiary/aromatic N) is 1. The first-order valence-electron chi connectivity index (χ1n) is 7.80. The summed E-state index contributed by atoms with van der Waals surface area (Å²) < 4.78 is 0. The van der Waals surface area contributed by atoms with Crippen LogP contribution in [0, 0.1) is 16.0 Å². The molecule has 1 aromatic carbocycles. The van der Waals surface area contributed by atoms with Gasteiger partial charge in [0, 0.05) is 36.6 Å². The molecular weight excluding hydrogens is 266 g/mol. The highest BCUT2D eigenvalue weighted by molar-refractivity contribution is 5.63. The van der Waals surface area contributed by atoms with E-state index in [2.05, 4.69) is 31.4 Å². The normalized spacial score (nSPS) is 10.7. The summed E-state index contributed by atoms with van der Waals surface area (Å²) in [5.74, 6) is 0.729. The molecule has 21 heavy (non-hydrogen) atoms. The lowest BCUT2D eigenvalue weighted by atomic mass is 10.1. The monoisotopic (exact) mass is 293 g/mol. The maximum Gasteiger partial charge on any atom is 0.273 e. The molecule has 0 bridgehead atoms. The lowest BCUT2D eigenvalue weighted by Crippen LogP contribution is -2.05. The van der Waals surface area contributed by atoms with Crippen molar-refractivity contribution >= 4 is 17.1 Å². The van der Waals surface area contributed by atoms with Crippen LogP contribution in [-0.2, 0) is 0 Å².